The van der Waals surface area contributed by atoms with Crippen molar-refractivity contribution in [3.8, 4) is 0 Å². The maximum atomic E-state index is 12.5. The van der Waals surface area contributed by atoms with Crippen molar-refractivity contribution in [3.05, 3.63) is 27.8 Å². The van der Waals surface area contributed by atoms with Crippen molar-refractivity contribution in [2.45, 2.75) is 58.1 Å². The predicted molar refractivity (Wildman–Crippen MR) is 103 cm³/mol. The van der Waals surface area contributed by atoms with Crippen LogP contribution in [0.5, 0.6) is 0 Å². The third-order valence-corrected chi connectivity index (χ3v) is 4.40. The maximum Gasteiger partial charge on any atom is 0.408 e. The fourth-order valence-electron chi connectivity index (χ4n) is 2.29. The van der Waals surface area contributed by atoms with E-state index in [0.717, 1.165) is 15.7 Å². The highest BCUT2D eigenvalue weighted by molar-refractivity contribution is 14.1. The molecule has 0 heterocycles. The lowest BCUT2D eigenvalue weighted by atomic mass is 10.1. The van der Waals surface area contributed by atoms with Crippen molar-refractivity contribution in [1.29, 1.82) is 0 Å². The summed E-state index contributed by atoms with van der Waals surface area (Å²) in [4.78, 5) is 24.6. The van der Waals surface area contributed by atoms with Gasteiger partial charge in [0.15, 0.2) is 0 Å². The van der Waals surface area contributed by atoms with Crippen molar-refractivity contribution < 1.29 is 14.3 Å². The molecule has 5 nitrogen and oxygen atoms in total. The van der Waals surface area contributed by atoms with Gasteiger partial charge in [-0.15, -0.1) is 0 Å². The standard InChI is InChI=1S/C18H25IN2O3/c1-18(2,3)24-17(23)21-15(11-6-12-4-5-12)16(22)20-14-9-7-13(19)8-10-14/h7-10,12,15H,4-6,11H2,1-3H3,(H,20,22)(H,21,23). The van der Waals surface area contributed by atoms with Crippen molar-refractivity contribution in [3.63, 3.8) is 0 Å². The van der Waals surface area contributed by atoms with Crippen LogP contribution in [0.4, 0.5) is 10.5 Å². The molecule has 0 bridgehead atoms. The molecule has 2 N–H and O–H groups in total. The van der Waals surface area contributed by atoms with Gasteiger partial charge in [-0.1, -0.05) is 12.8 Å². The van der Waals surface area contributed by atoms with E-state index < -0.39 is 17.7 Å². The van der Waals surface area contributed by atoms with Crippen LogP contribution in [0.3, 0.4) is 0 Å². The smallest absolute Gasteiger partial charge is 0.408 e. The van der Waals surface area contributed by atoms with Gasteiger partial charge >= 0.3 is 6.09 Å². The summed E-state index contributed by atoms with van der Waals surface area (Å²) in [6.07, 6.45) is 3.46. The van der Waals surface area contributed by atoms with Gasteiger partial charge < -0.3 is 15.4 Å². The Hall–Kier alpha value is -1.31. The molecule has 1 saturated carbocycles. The topological polar surface area (TPSA) is 67.4 Å². The second-order valence-electron chi connectivity index (χ2n) is 7.22. The quantitative estimate of drug-likeness (QED) is 0.643. The van der Waals surface area contributed by atoms with E-state index in [2.05, 4.69) is 33.2 Å². The molecular formula is C18H25IN2O3. The molecule has 1 aromatic carbocycles. The van der Waals surface area contributed by atoms with Gasteiger partial charge in [0, 0.05) is 9.26 Å². The van der Waals surface area contributed by atoms with E-state index in [1.807, 2.05) is 24.3 Å². The van der Waals surface area contributed by atoms with Crippen LogP contribution in [-0.4, -0.2) is 23.6 Å². The monoisotopic (exact) mass is 444 g/mol. The van der Waals surface area contributed by atoms with Gasteiger partial charge in [-0.05, 0) is 86.4 Å². The summed E-state index contributed by atoms with van der Waals surface area (Å²) in [6.45, 7) is 5.41. The Morgan fingerprint density at radius 2 is 1.88 bits per heavy atom. The lowest BCUT2D eigenvalue weighted by Crippen LogP contribution is -2.45. The molecule has 1 unspecified atom stereocenters. The van der Waals surface area contributed by atoms with Crippen LogP contribution in [0, 0.1) is 9.49 Å². The van der Waals surface area contributed by atoms with Gasteiger partial charge in [0.1, 0.15) is 11.6 Å². The molecule has 24 heavy (non-hydrogen) atoms. The summed E-state index contributed by atoms with van der Waals surface area (Å²) in [6, 6.07) is 6.98. The minimum Gasteiger partial charge on any atom is -0.444 e. The highest BCUT2D eigenvalue weighted by Crippen LogP contribution is 2.34. The number of benzene rings is 1. The van der Waals surface area contributed by atoms with Crippen LogP contribution in [0.25, 0.3) is 0 Å². The Labute approximate surface area is 157 Å². The average Bonchev–Trinajstić information content (AvgIpc) is 3.28. The van der Waals surface area contributed by atoms with Crippen molar-refractivity contribution >= 4 is 40.3 Å². The number of amides is 2. The first-order valence-corrected chi connectivity index (χ1v) is 9.37. The summed E-state index contributed by atoms with van der Waals surface area (Å²) in [5.41, 5.74) is 0.139. The Balaban J connectivity index is 1.96. The first kappa shape index (κ1) is 19.0. The first-order chi connectivity index (χ1) is 11.2. The molecule has 2 rings (SSSR count). The number of nitrogens with one attached hydrogen (secondary N) is 2. The van der Waals surface area contributed by atoms with Gasteiger partial charge in [-0.2, -0.15) is 0 Å². The first-order valence-electron chi connectivity index (χ1n) is 8.29. The van der Waals surface area contributed by atoms with Crippen molar-refractivity contribution in [1.82, 2.24) is 5.32 Å². The Morgan fingerprint density at radius 1 is 1.25 bits per heavy atom. The number of carbonyl (C=O) groups is 2. The summed E-state index contributed by atoms with van der Waals surface area (Å²) in [5, 5.41) is 5.58. The van der Waals surface area contributed by atoms with E-state index in [1.165, 1.54) is 12.8 Å². The normalized spacial score (nSPS) is 15.5. The largest absolute Gasteiger partial charge is 0.444 e. The lowest BCUT2D eigenvalue weighted by molar-refractivity contribution is -0.118. The maximum absolute atomic E-state index is 12.5. The highest BCUT2D eigenvalue weighted by atomic mass is 127. The average molecular weight is 444 g/mol. The van der Waals surface area contributed by atoms with Crippen LogP contribution < -0.4 is 10.6 Å². The Morgan fingerprint density at radius 3 is 2.42 bits per heavy atom. The SMILES string of the molecule is CC(C)(C)OC(=O)NC(CCC1CC1)C(=O)Nc1ccc(I)cc1. The molecule has 0 aliphatic heterocycles. The highest BCUT2D eigenvalue weighted by Gasteiger charge is 2.28. The van der Waals surface area contributed by atoms with Crippen LogP contribution in [0.15, 0.2) is 24.3 Å². The molecule has 1 aliphatic carbocycles. The molecule has 132 valence electrons. The number of ether oxygens (including phenoxy) is 1. The van der Waals surface area contributed by atoms with E-state index in [0.29, 0.717) is 12.3 Å². The predicted octanol–water partition coefficient (Wildman–Crippen LogP) is 4.31. The zero-order valence-electron chi connectivity index (χ0n) is 14.4. The number of hydrogen-bond donors (Lipinski definition) is 2. The third kappa shape index (κ3) is 7.07. The number of halogens is 1. The molecule has 0 spiro atoms. The van der Waals surface area contributed by atoms with Crippen LogP contribution >= 0.6 is 22.6 Å². The van der Waals surface area contributed by atoms with Gasteiger partial charge in [0.05, 0.1) is 0 Å². The van der Waals surface area contributed by atoms with Crippen molar-refractivity contribution in [2.24, 2.45) is 5.92 Å². The van der Waals surface area contributed by atoms with E-state index in [4.69, 9.17) is 4.74 Å². The number of alkyl carbamates (subject to hydrolysis) is 1. The summed E-state index contributed by atoms with van der Waals surface area (Å²) < 4.78 is 6.38. The second-order valence-corrected chi connectivity index (χ2v) is 8.46. The number of carbonyl (C=O) groups excluding carboxylic acids is 2. The molecule has 0 saturated heterocycles. The molecule has 0 radical (unpaired) electrons. The second kappa shape index (κ2) is 8.18. The fourth-order valence-corrected chi connectivity index (χ4v) is 2.65. The molecule has 1 atom stereocenters. The van der Waals surface area contributed by atoms with Gasteiger partial charge in [-0.25, -0.2) is 4.79 Å². The third-order valence-electron chi connectivity index (χ3n) is 3.68. The van der Waals surface area contributed by atoms with E-state index in [-0.39, 0.29) is 5.91 Å². The van der Waals surface area contributed by atoms with Gasteiger partial charge in [0.25, 0.3) is 0 Å². The molecule has 6 heteroatoms. The van der Waals surface area contributed by atoms with Gasteiger partial charge in [-0.3, -0.25) is 4.79 Å². The molecule has 2 amide bonds. The number of rotatable bonds is 6. The Bertz CT molecular complexity index is 577. The number of hydrogen-bond acceptors (Lipinski definition) is 3. The molecular weight excluding hydrogens is 419 g/mol. The minimum atomic E-state index is -0.586. The zero-order valence-corrected chi connectivity index (χ0v) is 16.6. The number of anilines is 1. The van der Waals surface area contributed by atoms with Crippen molar-refractivity contribution in [2.75, 3.05) is 5.32 Å². The van der Waals surface area contributed by atoms with Crippen LogP contribution in [0.2, 0.25) is 0 Å². The summed E-state index contributed by atoms with van der Waals surface area (Å²) in [5.74, 6) is 0.488. The van der Waals surface area contributed by atoms with E-state index in [9.17, 15) is 9.59 Å². The summed E-state index contributed by atoms with van der Waals surface area (Å²) in [7, 11) is 0. The van der Waals surface area contributed by atoms with E-state index >= 15 is 0 Å². The van der Waals surface area contributed by atoms with E-state index in [1.54, 1.807) is 20.8 Å². The van der Waals surface area contributed by atoms with Crippen LogP contribution in [0.1, 0.15) is 46.5 Å². The lowest BCUT2D eigenvalue weighted by Gasteiger charge is -2.23. The van der Waals surface area contributed by atoms with Gasteiger partial charge in [0.2, 0.25) is 5.91 Å². The zero-order chi connectivity index (χ0) is 17.7. The molecule has 0 aromatic heterocycles. The molecule has 1 fully saturated rings. The fraction of sp³-hybridized carbons (Fsp3) is 0.556. The summed E-state index contributed by atoms with van der Waals surface area (Å²) >= 11 is 2.21. The Kier molecular flexibility index (Phi) is 6.48. The minimum absolute atomic E-state index is 0.206. The molecule has 1 aromatic rings. The van der Waals surface area contributed by atoms with Crippen LogP contribution in [-0.2, 0) is 9.53 Å². The molecule has 1 aliphatic rings.